The molecule has 0 radical (unpaired) electrons. The molecule has 0 saturated carbocycles. The molecule has 1 aromatic heterocycles. The molecule has 0 saturated heterocycles. The van der Waals surface area contributed by atoms with E-state index in [0.717, 1.165) is 18.4 Å². The Hall–Kier alpha value is -1.65. The van der Waals surface area contributed by atoms with Crippen LogP contribution in [0.25, 0.3) is 0 Å². The lowest BCUT2D eigenvalue weighted by Crippen LogP contribution is -2.38. The molecule has 1 aliphatic rings. The average Bonchev–Trinajstić information content (AvgIpc) is 3.14. The van der Waals surface area contributed by atoms with Crippen LogP contribution in [0.1, 0.15) is 40.4 Å². The van der Waals surface area contributed by atoms with E-state index in [1.165, 1.54) is 28.9 Å². The van der Waals surface area contributed by atoms with Crippen molar-refractivity contribution in [3.63, 3.8) is 0 Å². The summed E-state index contributed by atoms with van der Waals surface area (Å²) in [6.45, 7) is 1.93. The molecule has 0 fully saturated rings. The summed E-state index contributed by atoms with van der Waals surface area (Å²) in [5.74, 6) is -0.125. The number of rotatable bonds is 4. The molecule has 110 valence electrons. The van der Waals surface area contributed by atoms with E-state index in [4.69, 9.17) is 0 Å². The molecule has 4 heteroatoms. The second-order valence-electron chi connectivity index (χ2n) is 5.81. The molecule has 0 aliphatic heterocycles. The predicted molar refractivity (Wildman–Crippen MR) is 84.7 cm³/mol. The molecule has 0 spiro atoms. The Morgan fingerprint density at radius 1 is 1.33 bits per heavy atom. The minimum Gasteiger partial charge on any atom is -0.384 e. The van der Waals surface area contributed by atoms with Crippen molar-refractivity contribution in [2.75, 3.05) is 6.54 Å². The van der Waals surface area contributed by atoms with Gasteiger partial charge >= 0.3 is 0 Å². The molecule has 1 amide bonds. The maximum atomic E-state index is 12.2. The lowest BCUT2D eigenvalue weighted by Gasteiger charge is -2.22. The second-order valence-corrected chi connectivity index (χ2v) is 6.59. The van der Waals surface area contributed by atoms with Gasteiger partial charge in [-0.1, -0.05) is 6.07 Å². The lowest BCUT2D eigenvalue weighted by atomic mass is 9.99. The molecule has 1 aromatic carbocycles. The maximum absolute atomic E-state index is 12.2. The van der Waals surface area contributed by atoms with Gasteiger partial charge in [-0.2, -0.15) is 11.3 Å². The highest BCUT2D eigenvalue weighted by atomic mass is 32.1. The van der Waals surface area contributed by atoms with E-state index in [0.29, 0.717) is 5.56 Å². The number of hydrogen-bond acceptors (Lipinski definition) is 3. The van der Waals surface area contributed by atoms with Crippen LogP contribution in [-0.4, -0.2) is 17.6 Å². The number of thiophene rings is 1. The van der Waals surface area contributed by atoms with Crippen LogP contribution in [0, 0.1) is 0 Å². The van der Waals surface area contributed by atoms with Crippen LogP contribution >= 0.6 is 11.3 Å². The van der Waals surface area contributed by atoms with Crippen LogP contribution in [0.2, 0.25) is 0 Å². The Balaban J connectivity index is 1.67. The third kappa shape index (κ3) is 3.01. The number of nitrogens with one attached hydrogen (secondary N) is 1. The maximum Gasteiger partial charge on any atom is 0.251 e. The quantitative estimate of drug-likeness (QED) is 0.912. The standard InChI is InChI=1S/C17H19NO2S/c1-17(20,15-7-8-21-10-15)11-18-16(19)14-6-5-12-3-2-4-13(12)9-14/h5-10,20H,2-4,11H2,1H3,(H,18,19). The zero-order valence-electron chi connectivity index (χ0n) is 12.1. The number of fused-ring (bicyclic) bond motifs is 1. The fourth-order valence-corrected chi connectivity index (χ4v) is 3.52. The number of amides is 1. The summed E-state index contributed by atoms with van der Waals surface area (Å²) in [5.41, 5.74) is 3.12. The minimum atomic E-state index is -1.04. The molecular weight excluding hydrogens is 282 g/mol. The van der Waals surface area contributed by atoms with E-state index in [1.807, 2.05) is 35.0 Å². The molecule has 3 nitrogen and oxygen atoms in total. The fourth-order valence-electron chi connectivity index (χ4n) is 2.74. The number of aryl methyl sites for hydroxylation is 2. The third-order valence-electron chi connectivity index (χ3n) is 4.10. The van der Waals surface area contributed by atoms with E-state index >= 15 is 0 Å². The van der Waals surface area contributed by atoms with Crippen LogP contribution in [0.15, 0.2) is 35.0 Å². The molecule has 1 atom stereocenters. The van der Waals surface area contributed by atoms with Gasteiger partial charge in [-0.15, -0.1) is 0 Å². The summed E-state index contributed by atoms with van der Waals surface area (Å²) in [5, 5.41) is 17.1. The van der Waals surface area contributed by atoms with Gasteiger partial charge < -0.3 is 10.4 Å². The van der Waals surface area contributed by atoms with E-state index in [-0.39, 0.29) is 12.5 Å². The van der Waals surface area contributed by atoms with Gasteiger partial charge in [-0.3, -0.25) is 4.79 Å². The SMILES string of the molecule is CC(O)(CNC(=O)c1ccc2c(c1)CCC2)c1ccsc1. The first-order valence-corrected chi connectivity index (χ1v) is 8.15. The molecular formula is C17H19NO2S. The molecule has 0 bridgehead atoms. The van der Waals surface area contributed by atoms with Gasteiger partial charge in [0.25, 0.3) is 5.91 Å². The monoisotopic (exact) mass is 301 g/mol. The predicted octanol–water partition coefficient (Wildman–Crippen LogP) is 2.87. The van der Waals surface area contributed by atoms with Crippen molar-refractivity contribution >= 4 is 17.2 Å². The first-order chi connectivity index (χ1) is 10.1. The van der Waals surface area contributed by atoms with E-state index in [2.05, 4.69) is 5.32 Å². The van der Waals surface area contributed by atoms with E-state index in [9.17, 15) is 9.90 Å². The van der Waals surface area contributed by atoms with Gasteiger partial charge in [-0.05, 0) is 71.8 Å². The van der Waals surface area contributed by atoms with Gasteiger partial charge in [0.2, 0.25) is 0 Å². The van der Waals surface area contributed by atoms with Gasteiger partial charge in [-0.25, -0.2) is 0 Å². The number of carbonyl (C=O) groups excluding carboxylic acids is 1. The lowest BCUT2D eigenvalue weighted by molar-refractivity contribution is 0.0530. The number of benzene rings is 1. The highest BCUT2D eigenvalue weighted by Crippen LogP contribution is 2.24. The molecule has 3 rings (SSSR count). The summed E-state index contributed by atoms with van der Waals surface area (Å²) in [7, 11) is 0. The van der Waals surface area contributed by atoms with Crippen molar-refractivity contribution in [2.45, 2.75) is 31.8 Å². The Bertz CT molecular complexity index is 647. The number of carbonyl (C=O) groups is 1. The van der Waals surface area contributed by atoms with Gasteiger partial charge in [0.05, 0.1) is 6.54 Å². The van der Waals surface area contributed by atoms with Crippen molar-refractivity contribution in [2.24, 2.45) is 0 Å². The highest BCUT2D eigenvalue weighted by molar-refractivity contribution is 7.08. The first kappa shape index (κ1) is 14.3. The summed E-state index contributed by atoms with van der Waals surface area (Å²) >= 11 is 1.54. The molecule has 2 N–H and O–H groups in total. The Morgan fingerprint density at radius 3 is 2.90 bits per heavy atom. The van der Waals surface area contributed by atoms with E-state index < -0.39 is 5.60 Å². The zero-order valence-corrected chi connectivity index (χ0v) is 12.9. The second kappa shape index (κ2) is 5.62. The van der Waals surface area contributed by atoms with Gasteiger partial charge in [0, 0.05) is 5.56 Å². The minimum absolute atomic E-state index is 0.125. The molecule has 1 aliphatic carbocycles. The summed E-state index contributed by atoms with van der Waals surface area (Å²) in [4.78, 5) is 12.2. The zero-order chi connectivity index (χ0) is 14.9. The fraction of sp³-hybridized carbons (Fsp3) is 0.353. The van der Waals surface area contributed by atoms with Crippen molar-refractivity contribution < 1.29 is 9.90 Å². The van der Waals surface area contributed by atoms with E-state index in [1.54, 1.807) is 6.92 Å². The normalized spacial score (nSPS) is 16.3. The van der Waals surface area contributed by atoms with Crippen molar-refractivity contribution in [3.8, 4) is 0 Å². The van der Waals surface area contributed by atoms with Crippen molar-refractivity contribution in [3.05, 3.63) is 57.3 Å². The van der Waals surface area contributed by atoms with Crippen LogP contribution in [0.5, 0.6) is 0 Å². The van der Waals surface area contributed by atoms with Crippen molar-refractivity contribution in [1.29, 1.82) is 0 Å². The Kier molecular flexibility index (Phi) is 3.83. The number of hydrogen-bond donors (Lipinski definition) is 2. The molecule has 21 heavy (non-hydrogen) atoms. The van der Waals surface area contributed by atoms with Crippen LogP contribution < -0.4 is 5.32 Å². The first-order valence-electron chi connectivity index (χ1n) is 7.21. The smallest absolute Gasteiger partial charge is 0.251 e. The van der Waals surface area contributed by atoms with Crippen LogP contribution in [-0.2, 0) is 18.4 Å². The third-order valence-corrected chi connectivity index (χ3v) is 4.78. The van der Waals surface area contributed by atoms with Gasteiger partial charge in [0.1, 0.15) is 5.60 Å². The topological polar surface area (TPSA) is 49.3 Å². The van der Waals surface area contributed by atoms with Crippen LogP contribution in [0.4, 0.5) is 0 Å². The summed E-state index contributed by atoms with van der Waals surface area (Å²) in [6.07, 6.45) is 3.35. The van der Waals surface area contributed by atoms with Gasteiger partial charge in [0.15, 0.2) is 0 Å². The average molecular weight is 301 g/mol. The van der Waals surface area contributed by atoms with Crippen LogP contribution in [0.3, 0.4) is 0 Å². The Labute approximate surface area is 128 Å². The summed E-state index contributed by atoms with van der Waals surface area (Å²) < 4.78 is 0. The van der Waals surface area contributed by atoms with Crippen molar-refractivity contribution in [1.82, 2.24) is 5.32 Å². The largest absolute Gasteiger partial charge is 0.384 e. The summed E-state index contributed by atoms with van der Waals surface area (Å²) in [6, 6.07) is 7.79. The number of aliphatic hydroxyl groups is 1. The molecule has 2 aromatic rings. The molecule has 1 unspecified atom stereocenters. The highest BCUT2D eigenvalue weighted by Gasteiger charge is 2.24. The Morgan fingerprint density at radius 2 is 2.14 bits per heavy atom. The molecule has 1 heterocycles.